The van der Waals surface area contributed by atoms with E-state index < -0.39 is 0 Å². The predicted molar refractivity (Wildman–Crippen MR) is 85.4 cm³/mol. The Bertz CT molecular complexity index is 475. The first kappa shape index (κ1) is 15.5. The van der Waals surface area contributed by atoms with Gasteiger partial charge in [0, 0.05) is 19.6 Å². The zero-order valence-electron chi connectivity index (χ0n) is 12.9. The zero-order chi connectivity index (χ0) is 14.9. The van der Waals surface area contributed by atoms with Gasteiger partial charge in [-0.15, -0.1) is 0 Å². The van der Waals surface area contributed by atoms with Crippen LogP contribution in [0.4, 0.5) is 0 Å². The van der Waals surface area contributed by atoms with Gasteiger partial charge in [-0.2, -0.15) is 0 Å². The molecular weight excluding hydrogens is 266 g/mol. The summed E-state index contributed by atoms with van der Waals surface area (Å²) in [5.74, 6) is 2.55. The molecule has 0 aromatic heterocycles. The molecule has 0 amide bonds. The van der Waals surface area contributed by atoms with E-state index in [0.717, 1.165) is 56.4 Å². The van der Waals surface area contributed by atoms with E-state index in [1.54, 1.807) is 7.11 Å². The monoisotopic (exact) mass is 291 g/mol. The lowest BCUT2D eigenvalue weighted by Crippen LogP contribution is -2.41. The van der Waals surface area contributed by atoms with Crippen molar-refractivity contribution in [2.75, 3.05) is 33.4 Å². The molecule has 0 bridgehead atoms. The van der Waals surface area contributed by atoms with Crippen molar-refractivity contribution in [3.63, 3.8) is 0 Å². The van der Waals surface area contributed by atoms with Crippen LogP contribution in [0.25, 0.3) is 0 Å². The van der Waals surface area contributed by atoms with Gasteiger partial charge < -0.3 is 20.1 Å². The summed E-state index contributed by atoms with van der Waals surface area (Å²) in [5.41, 5.74) is 1.26. The number of benzene rings is 1. The summed E-state index contributed by atoms with van der Waals surface area (Å²) in [6, 6.07) is 6.14. The standard InChI is InChI=1S/C16H25N3O2/c1-3-21-15-12-13(7-8-14(15)20-2)6-4-9-17-16-18-10-5-11-19-16/h7-8,12H,3-6,9-11H2,1-2H3,(H2,17,18,19). The molecule has 1 aliphatic rings. The summed E-state index contributed by atoms with van der Waals surface area (Å²) in [5, 5.41) is 6.60. The van der Waals surface area contributed by atoms with E-state index in [2.05, 4.69) is 27.8 Å². The number of ether oxygens (including phenoxy) is 2. The predicted octanol–water partition coefficient (Wildman–Crippen LogP) is 1.97. The molecule has 2 rings (SSSR count). The van der Waals surface area contributed by atoms with Gasteiger partial charge in [0.15, 0.2) is 17.5 Å². The van der Waals surface area contributed by atoms with Gasteiger partial charge in [0.1, 0.15) is 0 Å². The lowest BCUT2D eigenvalue weighted by atomic mass is 10.1. The van der Waals surface area contributed by atoms with Crippen molar-refractivity contribution >= 4 is 5.96 Å². The van der Waals surface area contributed by atoms with Crippen LogP contribution in [0.3, 0.4) is 0 Å². The second-order valence-electron chi connectivity index (χ2n) is 4.96. The van der Waals surface area contributed by atoms with Crippen molar-refractivity contribution in [3.05, 3.63) is 23.8 Å². The molecule has 1 aromatic rings. The molecule has 1 aliphatic heterocycles. The van der Waals surface area contributed by atoms with E-state index >= 15 is 0 Å². The van der Waals surface area contributed by atoms with E-state index in [1.165, 1.54) is 5.56 Å². The first-order valence-corrected chi connectivity index (χ1v) is 7.65. The van der Waals surface area contributed by atoms with E-state index in [0.29, 0.717) is 6.61 Å². The fourth-order valence-electron chi connectivity index (χ4n) is 2.30. The summed E-state index contributed by atoms with van der Waals surface area (Å²) in [6.45, 7) is 5.48. The summed E-state index contributed by atoms with van der Waals surface area (Å²) < 4.78 is 10.9. The summed E-state index contributed by atoms with van der Waals surface area (Å²) in [4.78, 5) is 4.39. The Kier molecular flexibility index (Phi) is 6.19. The molecule has 5 nitrogen and oxygen atoms in total. The molecule has 0 aliphatic carbocycles. The normalized spacial score (nSPS) is 14.1. The van der Waals surface area contributed by atoms with Crippen LogP contribution in [-0.2, 0) is 6.42 Å². The smallest absolute Gasteiger partial charge is 0.191 e. The minimum atomic E-state index is 0.646. The van der Waals surface area contributed by atoms with Crippen LogP contribution in [0.15, 0.2) is 23.2 Å². The van der Waals surface area contributed by atoms with Gasteiger partial charge in [-0.3, -0.25) is 4.99 Å². The topological polar surface area (TPSA) is 54.9 Å². The number of aryl methyl sites for hydroxylation is 1. The van der Waals surface area contributed by atoms with Gasteiger partial charge in [-0.1, -0.05) is 6.07 Å². The Morgan fingerprint density at radius 2 is 2.24 bits per heavy atom. The molecule has 0 atom stereocenters. The van der Waals surface area contributed by atoms with Gasteiger partial charge in [-0.25, -0.2) is 0 Å². The number of nitrogens with one attached hydrogen (secondary N) is 2. The highest BCUT2D eigenvalue weighted by atomic mass is 16.5. The first-order valence-electron chi connectivity index (χ1n) is 7.65. The highest BCUT2D eigenvalue weighted by molar-refractivity contribution is 5.80. The average Bonchev–Trinajstić information content (AvgIpc) is 2.53. The second-order valence-corrected chi connectivity index (χ2v) is 4.96. The molecule has 116 valence electrons. The largest absolute Gasteiger partial charge is 0.493 e. The van der Waals surface area contributed by atoms with E-state index in [1.807, 2.05) is 13.0 Å². The molecule has 1 aromatic carbocycles. The SMILES string of the molecule is CCOc1cc(CCCNC2=NCCCN2)ccc1OC. The number of aliphatic imine (C=N–C) groups is 1. The van der Waals surface area contributed by atoms with Crippen molar-refractivity contribution in [2.24, 2.45) is 4.99 Å². The minimum Gasteiger partial charge on any atom is -0.493 e. The quantitative estimate of drug-likeness (QED) is 0.754. The van der Waals surface area contributed by atoms with E-state index in [-0.39, 0.29) is 0 Å². The van der Waals surface area contributed by atoms with Crippen LogP contribution in [0.2, 0.25) is 0 Å². The van der Waals surface area contributed by atoms with Crippen LogP contribution in [0.5, 0.6) is 11.5 Å². The second kappa shape index (κ2) is 8.39. The van der Waals surface area contributed by atoms with Crippen molar-refractivity contribution in [2.45, 2.75) is 26.2 Å². The van der Waals surface area contributed by atoms with Crippen molar-refractivity contribution in [1.82, 2.24) is 10.6 Å². The van der Waals surface area contributed by atoms with Gasteiger partial charge >= 0.3 is 0 Å². The maximum Gasteiger partial charge on any atom is 0.191 e. The molecule has 0 radical (unpaired) electrons. The number of hydrogen-bond acceptors (Lipinski definition) is 5. The molecular formula is C16H25N3O2. The highest BCUT2D eigenvalue weighted by Crippen LogP contribution is 2.28. The third-order valence-corrected chi connectivity index (χ3v) is 3.36. The first-order chi connectivity index (χ1) is 10.3. The maximum atomic E-state index is 5.60. The van der Waals surface area contributed by atoms with Gasteiger partial charge in [0.25, 0.3) is 0 Å². The molecule has 1 heterocycles. The third-order valence-electron chi connectivity index (χ3n) is 3.36. The fourth-order valence-corrected chi connectivity index (χ4v) is 2.30. The van der Waals surface area contributed by atoms with Gasteiger partial charge in [0.05, 0.1) is 13.7 Å². The Morgan fingerprint density at radius 3 is 2.95 bits per heavy atom. The van der Waals surface area contributed by atoms with Crippen LogP contribution in [-0.4, -0.2) is 39.3 Å². The molecule has 0 fully saturated rings. The van der Waals surface area contributed by atoms with Gasteiger partial charge in [-0.05, 0) is 43.9 Å². The Balaban J connectivity index is 1.79. The Hall–Kier alpha value is -1.91. The lowest BCUT2D eigenvalue weighted by Gasteiger charge is -2.16. The molecule has 0 saturated heterocycles. The summed E-state index contributed by atoms with van der Waals surface area (Å²) in [6.07, 6.45) is 3.18. The summed E-state index contributed by atoms with van der Waals surface area (Å²) >= 11 is 0. The Morgan fingerprint density at radius 1 is 1.33 bits per heavy atom. The molecule has 0 spiro atoms. The van der Waals surface area contributed by atoms with Crippen molar-refractivity contribution in [1.29, 1.82) is 0 Å². The number of rotatable bonds is 7. The number of methoxy groups -OCH3 is 1. The van der Waals surface area contributed by atoms with Crippen LogP contribution >= 0.6 is 0 Å². The van der Waals surface area contributed by atoms with Crippen LogP contribution < -0.4 is 20.1 Å². The average molecular weight is 291 g/mol. The van der Waals surface area contributed by atoms with Crippen LogP contribution in [0, 0.1) is 0 Å². The van der Waals surface area contributed by atoms with E-state index in [9.17, 15) is 0 Å². The number of guanidine groups is 1. The van der Waals surface area contributed by atoms with E-state index in [4.69, 9.17) is 9.47 Å². The molecule has 2 N–H and O–H groups in total. The molecule has 5 heteroatoms. The maximum absolute atomic E-state index is 5.60. The minimum absolute atomic E-state index is 0.646. The Labute approximate surface area is 126 Å². The third kappa shape index (κ3) is 4.85. The molecule has 21 heavy (non-hydrogen) atoms. The van der Waals surface area contributed by atoms with Crippen molar-refractivity contribution in [3.8, 4) is 11.5 Å². The number of hydrogen-bond donors (Lipinski definition) is 2. The molecule has 0 unspecified atom stereocenters. The molecule has 0 saturated carbocycles. The fraction of sp³-hybridized carbons (Fsp3) is 0.562. The van der Waals surface area contributed by atoms with Gasteiger partial charge in [0.2, 0.25) is 0 Å². The lowest BCUT2D eigenvalue weighted by molar-refractivity contribution is 0.310. The number of nitrogens with zero attached hydrogens (tertiary/aromatic N) is 1. The summed E-state index contributed by atoms with van der Waals surface area (Å²) in [7, 11) is 1.67. The zero-order valence-corrected chi connectivity index (χ0v) is 12.9. The highest BCUT2D eigenvalue weighted by Gasteiger charge is 2.06. The van der Waals surface area contributed by atoms with Crippen molar-refractivity contribution < 1.29 is 9.47 Å². The van der Waals surface area contributed by atoms with Crippen LogP contribution in [0.1, 0.15) is 25.3 Å².